The third-order valence-electron chi connectivity index (χ3n) is 2.04. The molecule has 0 bridgehead atoms. The first kappa shape index (κ1) is 9.43. The van der Waals surface area contributed by atoms with Crippen LogP contribution in [0.1, 0.15) is 5.69 Å². The third-order valence-corrected chi connectivity index (χ3v) is 2.54. The van der Waals surface area contributed by atoms with Crippen molar-refractivity contribution in [1.82, 2.24) is 4.98 Å². The van der Waals surface area contributed by atoms with Gasteiger partial charge in [0.25, 0.3) is 0 Å². The molecule has 0 radical (unpaired) electrons. The van der Waals surface area contributed by atoms with E-state index in [1.165, 1.54) is 0 Å². The Bertz CT molecular complexity index is 485. The van der Waals surface area contributed by atoms with E-state index < -0.39 is 0 Å². The van der Waals surface area contributed by atoms with E-state index in [0.717, 1.165) is 15.4 Å². The topological polar surface area (TPSA) is 59.1 Å². The molecule has 1 aromatic carbocycles. The molecule has 4 heteroatoms. The largest absolute Gasteiger partial charge is 0.397 e. The van der Waals surface area contributed by atoms with Gasteiger partial charge in [-0.1, -0.05) is 22.0 Å². The van der Waals surface area contributed by atoms with Gasteiger partial charge in [-0.25, -0.2) is 4.98 Å². The first-order valence-corrected chi connectivity index (χ1v) is 4.95. The zero-order valence-corrected chi connectivity index (χ0v) is 8.95. The predicted molar refractivity (Wildman–Crippen MR) is 59.8 cm³/mol. The highest BCUT2D eigenvalue weighted by Gasteiger charge is 2.02. The monoisotopic (exact) mass is 252 g/mol. The second-order valence-corrected chi connectivity index (χ2v) is 3.94. The summed E-state index contributed by atoms with van der Waals surface area (Å²) in [6, 6.07) is 7.58. The number of nitrogens with zero attached hydrogens (tertiary/aromatic N) is 1. The summed E-state index contributed by atoms with van der Waals surface area (Å²) in [6.07, 6.45) is 0. The summed E-state index contributed by atoms with van der Waals surface area (Å²) in [5.41, 5.74) is 7.59. The van der Waals surface area contributed by atoms with Gasteiger partial charge in [0, 0.05) is 9.86 Å². The zero-order valence-electron chi connectivity index (χ0n) is 7.37. The highest BCUT2D eigenvalue weighted by atomic mass is 79.9. The van der Waals surface area contributed by atoms with Gasteiger partial charge in [-0.15, -0.1) is 0 Å². The number of hydrogen-bond donors (Lipinski definition) is 2. The number of nitrogen functional groups attached to an aromatic ring is 1. The molecule has 3 nitrogen and oxygen atoms in total. The number of anilines is 1. The Morgan fingerprint density at radius 3 is 2.86 bits per heavy atom. The molecule has 0 fully saturated rings. The Morgan fingerprint density at radius 2 is 2.14 bits per heavy atom. The highest BCUT2D eigenvalue weighted by molar-refractivity contribution is 9.10. The molecular weight excluding hydrogens is 244 g/mol. The zero-order chi connectivity index (χ0) is 10.1. The lowest BCUT2D eigenvalue weighted by molar-refractivity contribution is 0.278. The average Bonchev–Trinajstić information content (AvgIpc) is 2.17. The molecule has 0 amide bonds. The molecule has 0 aliphatic rings. The predicted octanol–water partition coefficient (Wildman–Crippen LogP) is 2.07. The highest BCUT2D eigenvalue weighted by Crippen LogP contribution is 2.22. The third kappa shape index (κ3) is 1.58. The number of nitrogens with two attached hydrogens (primary N) is 1. The number of aliphatic hydroxyl groups is 1. The van der Waals surface area contributed by atoms with Crippen molar-refractivity contribution in [3.05, 3.63) is 34.4 Å². The van der Waals surface area contributed by atoms with Crippen molar-refractivity contribution in [2.75, 3.05) is 5.73 Å². The molecule has 2 rings (SSSR count). The Hall–Kier alpha value is -1.13. The van der Waals surface area contributed by atoms with Gasteiger partial charge in [-0.2, -0.15) is 0 Å². The van der Waals surface area contributed by atoms with Crippen LogP contribution in [-0.2, 0) is 6.61 Å². The van der Waals surface area contributed by atoms with Crippen LogP contribution in [0.25, 0.3) is 10.9 Å². The molecular formula is C10H9BrN2O. The fourth-order valence-electron chi connectivity index (χ4n) is 1.32. The number of rotatable bonds is 1. The molecule has 0 atom stereocenters. The van der Waals surface area contributed by atoms with Crippen LogP contribution in [0.4, 0.5) is 5.69 Å². The van der Waals surface area contributed by atoms with Crippen LogP contribution in [-0.4, -0.2) is 10.1 Å². The molecule has 2 aromatic rings. The molecule has 3 N–H and O–H groups in total. The van der Waals surface area contributed by atoms with Crippen molar-refractivity contribution in [2.45, 2.75) is 6.61 Å². The summed E-state index contributed by atoms with van der Waals surface area (Å²) in [5.74, 6) is 0. The fraction of sp³-hybridized carbons (Fsp3) is 0.100. The van der Waals surface area contributed by atoms with Crippen LogP contribution in [0.3, 0.4) is 0 Å². The van der Waals surface area contributed by atoms with E-state index in [1.54, 1.807) is 0 Å². The van der Waals surface area contributed by atoms with E-state index in [4.69, 9.17) is 10.8 Å². The van der Waals surface area contributed by atoms with Crippen LogP contribution < -0.4 is 5.73 Å². The van der Waals surface area contributed by atoms with Crippen molar-refractivity contribution in [2.24, 2.45) is 0 Å². The maximum atomic E-state index is 8.99. The lowest BCUT2D eigenvalue weighted by Crippen LogP contribution is -1.98. The smallest absolute Gasteiger partial charge is 0.0894 e. The Kier molecular flexibility index (Phi) is 2.39. The van der Waals surface area contributed by atoms with Crippen LogP contribution >= 0.6 is 15.9 Å². The van der Waals surface area contributed by atoms with E-state index in [-0.39, 0.29) is 6.61 Å². The first-order chi connectivity index (χ1) is 6.70. The van der Waals surface area contributed by atoms with Gasteiger partial charge < -0.3 is 10.8 Å². The second kappa shape index (κ2) is 3.55. The maximum Gasteiger partial charge on any atom is 0.0894 e. The van der Waals surface area contributed by atoms with Crippen molar-refractivity contribution in [1.29, 1.82) is 0 Å². The lowest BCUT2D eigenvalue weighted by Gasteiger charge is -2.04. The molecule has 0 spiro atoms. The van der Waals surface area contributed by atoms with Crippen molar-refractivity contribution >= 4 is 32.5 Å². The Balaban J connectivity index is 2.73. The van der Waals surface area contributed by atoms with Crippen LogP contribution in [0.5, 0.6) is 0 Å². The second-order valence-electron chi connectivity index (χ2n) is 3.02. The molecule has 0 aliphatic carbocycles. The van der Waals surface area contributed by atoms with Gasteiger partial charge >= 0.3 is 0 Å². The van der Waals surface area contributed by atoms with Gasteiger partial charge in [-0.3, -0.25) is 0 Å². The summed E-state index contributed by atoms with van der Waals surface area (Å²) in [4.78, 5) is 4.25. The number of aliphatic hydroxyl groups excluding tert-OH is 1. The van der Waals surface area contributed by atoms with Crippen molar-refractivity contribution in [3.63, 3.8) is 0 Å². The van der Waals surface area contributed by atoms with E-state index in [9.17, 15) is 0 Å². The Labute approximate surface area is 89.7 Å². The molecule has 0 saturated carbocycles. The van der Waals surface area contributed by atoms with Gasteiger partial charge in [0.1, 0.15) is 0 Å². The number of halogens is 1. The minimum atomic E-state index is -0.131. The summed E-state index contributed by atoms with van der Waals surface area (Å²) in [5, 5.41) is 9.97. The van der Waals surface area contributed by atoms with Crippen molar-refractivity contribution < 1.29 is 5.11 Å². The molecule has 0 saturated heterocycles. The molecule has 1 aromatic heterocycles. The number of hydrogen-bond acceptors (Lipinski definition) is 3. The summed E-state index contributed by atoms with van der Waals surface area (Å²) >= 11 is 3.36. The lowest BCUT2D eigenvalue weighted by atomic mass is 10.2. The maximum absolute atomic E-state index is 8.99. The minimum Gasteiger partial charge on any atom is -0.397 e. The van der Waals surface area contributed by atoms with E-state index in [0.29, 0.717) is 11.4 Å². The van der Waals surface area contributed by atoms with Crippen LogP contribution in [0.15, 0.2) is 28.7 Å². The fourth-order valence-corrected chi connectivity index (χ4v) is 1.67. The number of benzene rings is 1. The summed E-state index contributed by atoms with van der Waals surface area (Å²) < 4.78 is 0.964. The minimum absolute atomic E-state index is 0.131. The average molecular weight is 253 g/mol. The molecule has 1 heterocycles. The van der Waals surface area contributed by atoms with E-state index in [2.05, 4.69) is 20.9 Å². The van der Waals surface area contributed by atoms with Gasteiger partial charge in [0.05, 0.1) is 23.5 Å². The van der Waals surface area contributed by atoms with Gasteiger partial charge in [0.2, 0.25) is 0 Å². The quantitative estimate of drug-likeness (QED) is 0.817. The van der Waals surface area contributed by atoms with Crippen molar-refractivity contribution in [3.8, 4) is 0 Å². The molecule has 14 heavy (non-hydrogen) atoms. The van der Waals surface area contributed by atoms with Gasteiger partial charge in [0.15, 0.2) is 0 Å². The van der Waals surface area contributed by atoms with Crippen LogP contribution in [0.2, 0.25) is 0 Å². The molecule has 0 aliphatic heterocycles. The van der Waals surface area contributed by atoms with Gasteiger partial charge in [-0.05, 0) is 18.2 Å². The number of fused-ring (bicyclic) bond motifs is 1. The summed E-state index contributed by atoms with van der Waals surface area (Å²) in [7, 11) is 0. The Morgan fingerprint density at radius 1 is 1.36 bits per heavy atom. The normalized spacial score (nSPS) is 10.7. The summed E-state index contributed by atoms with van der Waals surface area (Å²) in [6.45, 7) is -0.131. The number of aromatic nitrogens is 1. The van der Waals surface area contributed by atoms with Crippen LogP contribution in [0, 0.1) is 0 Å². The SMILES string of the molecule is Nc1cc2ccc(Br)cc2nc1CO. The number of pyridine rings is 1. The first-order valence-electron chi connectivity index (χ1n) is 4.16. The molecule has 72 valence electrons. The van der Waals surface area contributed by atoms with E-state index in [1.807, 2.05) is 24.3 Å². The van der Waals surface area contributed by atoms with E-state index >= 15 is 0 Å². The molecule has 0 unspecified atom stereocenters. The standard InChI is InChI=1S/C10H9BrN2O/c11-7-2-1-6-3-8(12)10(5-14)13-9(6)4-7/h1-4,14H,5,12H2.